The lowest BCUT2D eigenvalue weighted by Gasteiger charge is -2.32. The molecule has 7 nitrogen and oxygen atoms in total. The van der Waals surface area contributed by atoms with Gasteiger partial charge in [-0.05, 0) is 101 Å². The first-order valence-electron chi connectivity index (χ1n) is 17.1. The molecule has 0 spiro atoms. The first kappa shape index (κ1) is 36.4. The van der Waals surface area contributed by atoms with Crippen molar-refractivity contribution < 1.29 is 23.5 Å². The summed E-state index contributed by atoms with van der Waals surface area (Å²) in [7, 11) is 0. The normalized spacial score (nSPS) is 14.3. The third-order valence-electron chi connectivity index (χ3n) is 8.65. The molecule has 0 atom stereocenters. The first-order chi connectivity index (χ1) is 23.1. The SMILES string of the molecule is CCCCOC(=O)c1ccc(C(=O)OCCCC)c(-c2c3cc(/C(C)=C\C(C)(C)I)c(=N)cc-3oc3cc4c(cc23)C(C)=CC(C)(C)N4)c1. The van der Waals surface area contributed by atoms with Gasteiger partial charge in [-0.25, -0.2) is 9.59 Å². The van der Waals surface area contributed by atoms with E-state index < -0.39 is 11.9 Å². The topological polar surface area (TPSA) is 102 Å². The minimum atomic E-state index is -0.464. The zero-order valence-electron chi connectivity index (χ0n) is 29.9. The average molecular weight is 775 g/mol. The van der Waals surface area contributed by atoms with Crippen molar-refractivity contribution in [3.05, 3.63) is 82.2 Å². The van der Waals surface area contributed by atoms with Gasteiger partial charge in [-0.1, -0.05) is 61.4 Å². The fourth-order valence-corrected chi connectivity index (χ4v) is 6.93. The smallest absolute Gasteiger partial charge is 0.338 e. The molecule has 1 aliphatic carbocycles. The highest BCUT2D eigenvalue weighted by Crippen LogP contribution is 2.46. The van der Waals surface area contributed by atoms with Gasteiger partial charge in [-0.2, -0.15) is 0 Å². The van der Waals surface area contributed by atoms with Crippen LogP contribution in [-0.2, 0) is 9.47 Å². The van der Waals surface area contributed by atoms with E-state index in [1.165, 1.54) is 0 Å². The summed E-state index contributed by atoms with van der Waals surface area (Å²) in [5, 5.41) is 13.7. The molecule has 0 radical (unpaired) electrons. The second-order valence-corrected chi connectivity index (χ2v) is 16.9. The maximum absolute atomic E-state index is 13.8. The van der Waals surface area contributed by atoms with E-state index in [1.54, 1.807) is 24.3 Å². The number of alkyl halides is 1. The lowest BCUT2D eigenvalue weighted by Crippen LogP contribution is -2.31. The molecule has 5 rings (SSSR count). The lowest BCUT2D eigenvalue weighted by atomic mass is 9.85. The van der Waals surface area contributed by atoms with Crippen LogP contribution in [0.15, 0.2) is 59.0 Å². The summed E-state index contributed by atoms with van der Waals surface area (Å²) >= 11 is 2.38. The molecule has 0 aromatic heterocycles. The molecule has 0 unspecified atom stereocenters. The van der Waals surface area contributed by atoms with Crippen LogP contribution in [-0.4, -0.2) is 34.1 Å². The van der Waals surface area contributed by atoms with Gasteiger partial charge in [-0.15, -0.1) is 0 Å². The van der Waals surface area contributed by atoms with Crippen molar-refractivity contribution in [2.75, 3.05) is 18.5 Å². The lowest BCUT2D eigenvalue weighted by molar-refractivity contribution is 0.0486. The van der Waals surface area contributed by atoms with Crippen molar-refractivity contribution in [3.63, 3.8) is 0 Å². The maximum Gasteiger partial charge on any atom is 0.338 e. The van der Waals surface area contributed by atoms with Crippen molar-refractivity contribution in [1.29, 1.82) is 5.41 Å². The van der Waals surface area contributed by atoms with Crippen LogP contribution >= 0.6 is 22.6 Å². The summed E-state index contributed by atoms with van der Waals surface area (Å²) in [6.07, 6.45) is 7.64. The number of unbranched alkanes of at least 4 members (excludes halogenated alkanes) is 2. The quantitative estimate of drug-likeness (QED) is 0.0517. The molecule has 2 aromatic carbocycles. The van der Waals surface area contributed by atoms with Crippen LogP contribution in [0.4, 0.5) is 5.69 Å². The predicted octanol–water partition coefficient (Wildman–Crippen LogP) is 10.8. The van der Waals surface area contributed by atoms with E-state index in [-0.39, 0.29) is 8.96 Å². The number of hydrogen-bond donors (Lipinski definition) is 2. The Hall–Kier alpha value is -3.92. The second-order valence-electron chi connectivity index (χ2n) is 14.1. The Kier molecular flexibility index (Phi) is 10.8. The van der Waals surface area contributed by atoms with Crippen LogP contribution in [0.25, 0.3) is 44.6 Å². The van der Waals surface area contributed by atoms with Crippen molar-refractivity contribution >= 4 is 62.3 Å². The molecule has 3 aliphatic rings. The number of benzene rings is 3. The average Bonchev–Trinajstić information content (AvgIpc) is 3.01. The monoisotopic (exact) mass is 774 g/mol. The molecule has 2 heterocycles. The standard InChI is InChI=1S/C41H47IN2O5/c1-9-11-15-47-38(45)26-13-14-27(39(46)48-16-12-10-2)30(17-26)37-31-18-28(24(3)22-40(5,6)42)33(43)20-35(31)49-36-21-34-29(19-32(36)37)25(4)23-41(7,8)44-34/h13-14,17-23,43-44H,9-12,15-16H2,1-8H3/b24-22-,43-33?. The second kappa shape index (κ2) is 14.5. The fraction of sp³-hybridized carbons (Fsp3) is 0.390. The van der Waals surface area contributed by atoms with E-state index >= 15 is 0 Å². The third-order valence-corrected chi connectivity index (χ3v) is 8.96. The molecule has 8 heteroatoms. The van der Waals surface area contributed by atoms with Crippen molar-refractivity contribution in [1.82, 2.24) is 0 Å². The zero-order valence-corrected chi connectivity index (χ0v) is 32.0. The van der Waals surface area contributed by atoms with Crippen LogP contribution in [0.2, 0.25) is 0 Å². The summed E-state index contributed by atoms with van der Waals surface area (Å²) in [5.74, 6) is -0.412. The Morgan fingerprint density at radius 3 is 2.27 bits per heavy atom. The molecule has 258 valence electrons. The molecule has 0 saturated heterocycles. The van der Waals surface area contributed by atoms with Gasteiger partial charge in [0.2, 0.25) is 0 Å². The Morgan fingerprint density at radius 2 is 1.61 bits per heavy atom. The van der Waals surface area contributed by atoms with Crippen LogP contribution in [0.5, 0.6) is 0 Å². The Labute approximate surface area is 303 Å². The van der Waals surface area contributed by atoms with E-state index in [9.17, 15) is 9.59 Å². The number of halogens is 1. The summed E-state index contributed by atoms with van der Waals surface area (Å²) in [5.41, 5.74) is 7.80. The number of ether oxygens (including phenoxy) is 2. The van der Waals surface area contributed by atoms with Crippen LogP contribution in [0.3, 0.4) is 0 Å². The molecule has 2 aliphatic heterocycles. The highest BCUT2D eigenvalue weighted by atomic mass is 127. The number of carbonyl (C=O) groups is 2. The van der Waals surface area contributed by atoms with E-state index in [0.29, 0.717) is 46.6 Å². The van der Waals surface area contributed by atoms with Crippen molar-refractivity contribution in [2.24, 2.45) is 0 Å². The molecule has 2 N–H and O–H groups in total. The van der Waals surface area contributed by atoms with Gasteiger partial charge < -0.3 is 24.6 Å². The molecular formula is C41H47IN2O5. The van der Waals surface area contributed by atoms with Gasteiger partial charge in [0.1, 0.15) is 11.3 Å². The Bertz CT molecular complexity index is 2010. The summed E-state index contributed by atoms with van der Waals surface area (Å²) in [4.78, 5) is 27.1. The van der Waals surface area contributed by atoms with E-state index in [2.05, 4.69) is 80.7 Å². The van der Waals surface area contributed by atoms with Crippen molar-refractivity contribution in [3.8, 4) is 22.5 Å². The van der Waals surface area contributed by atoms with Crippen LogP contribution < -0.4 is 10.7 Å². The van der Waals surface area contributed by atoms with E-state index in [1.807, 2.05) is 32.9 Å². The molecule has 0 bridgehead atoms. The molecule has 0 saturated carbocycles. The number of anilines is 1. The zero-order chi connectivity index (χ0) is 35.7. The van der Waals surface area contributed by atoms with Gasteiger partial charge in [0.25, 0.3) is 0 Å². The highest BCUT2D eigenvalue weighted by Gasteiger charge is 2.28. The molecular weight excluding hydrogens is 727 g/mol. The summed E-state index contributed by atoms with van der Waals surface area (Å²) in [6.45, 7) is 17.3. The third kappa shape index (κ3) is 8.11. The number of carbonyl (C=O) groups excluding carboxylic acids is 2. The van der Waals surface area contributed by atoms with E-state index in [4.69, 9.17) is 19.3 Å². The van der Waals surface area contributed by atoms with Gasteiger partial charge in [0.05, 0.1) is 35.2 Å². The largest absolute Gasteiger partial charge is 0.462 e. The number of esters is 2. The van der Waals surface area contributed by atoms with Gasteiger partial charge in [0.15, 0.2) is 0 Å². The molecule has 49 heavy (non-hydrogen) atoms. The molecule has 0 fully saturated rings. The number of hydrogen-bond acceptors (Lipinski definition) is 7. The van der Waals surface area contributed by atoms with Crippen LogP contribution in [0, 0.1) is 5.41 Å². The maximum atomic E-state index is 13.8. The number of rotatable bonds is 11. The minimum absolute atomic E-state index is 0.134. The number of allylic oxidation sites excluding steroid dienone is 3. The number of nitrogens with one attached hydrogen (secondary N) is 2. The highest BCUT2D eigenvalue weighted by molar-refractivity contribution is 14.1. The predicted molar refractivity (Wildman–Crippen MR) is 208 cm³/mol. The fourth-order valence-electron chi connectivity index (χ4n) is 6.46. The Morgan fingerprint density at radius 1 is 0.939 bits per heavy atom. The summed E-state index contributed by atoms with van der Waals surface area (Å²) < 4.78 is 17.9. The first-order valence-corrected chi connectivity index (χ1v) is 18.2. The minimum Gasteiger partial charge on any atom is -0.462 e. The van der Waals surface area contributed by atoms with Gasteiger partial charge in [-0.3, -0.25) is 0 Å². The number of fused-ring (bicyclic) bond motifs is 3. The Balaban J connectivity index is 1.89. The summed E-state index contributed by atoms with van der Waals surface area (Å²) in [6, 6.07) is 12.9. The molecule has 0 amide bonds. The van der Waals surface area contributed by atoms with Gasteiger partial charge in [0, 0.05) is 48.9 Å². The van der Waals surface area contributed by atoms with Gasteiger partial charge >= 0.3 is 11.9 Å². The molecule has 2 aromatic rings. The van der Waals surface area contributed by atoms with Crippen LogP contribution in [0.1, 0.15) is 113 Å². The van der Waals surface area contributed by atoms with E-state index in [0.717, 1.165) is 70.2 Å². The van der Waals surface area contributed by atoms with Crippen molar-refractivity contribution in [2.45, 2.75) is 90.0 Å².